The zero-order chi connectivity index (χ0) is 23.4. The lowest BCUT2D eigenvalue weighted by Crippen LogP contribution is -2.19. The lowest BCUT2D eigenvalue weighted by atomic mass is 10.2. The van der Waals surface area contributed by atoms with Crippen molar-refractivity contribution < 1.29 is 18.0 Å². The van der Waals surface area contributed by atoms with Gasteiger partial charge in [-0.3, -0.25) is 4.79 Å². The largest absolute Gasteiger partial charge is 0.381 e. The van der Waals surface area contributed by atoms with Gasteiger partial charge in [-0.05, 0) is 67.4 Å². The third kappa shape index (κ3) is 5.22. The minimum absolute atomic E-state index is 0.102. The number of nitrogens with two attached hydrogens (primary N) is 1. The zero-order valence-electron chi connectivity index (χ0n) is 17.5. The number of nitrogens with zero attached hydrogens (tertiary/aromatic N) is 4. The van der Waals surface area contributed by atoms with Crippen molar-refractivity contribution in [3.8, 4) is 0 Å². The smallest absolute Gasteiger partial charge is 0.263 e. The molecule has 1 aliphatic rings. The molecule has 2 aromatic heterocycles. The van der Waals surface area contributed by atoms with E-state index in [-0.39, 0.29) is 17.2 Å². The number of benzene rings is 2. The van der Waals surface area contributed by atoms with E-state index < -0.39 is 17.5 Å². The Balaban J connectivity index is 0.000000275. The van der Waals surface area contributed by atoms with Crippen molar-refractivity contribution in [2.24, 2.45) is 0 Å². The van der Waals surface area contributed by atoms with Crippen molar-refractivity contribution in [2.45, 2.75) is 12.8 Å². The Bertz CT molecular complexity index is 1230. The van der Waals surface area contributed by atoms with Crippen LogP contribution in [0, 0.1) is 17.5 Å². The number of hydrogen-bond donors (Lipinski definition) is 2. The highest BCUT2D eigenvalue weighted by Crippen LogP contribution is 2.23. The molecule has 3 N–H and O–H groups in total. The highest BCUT2D eigenvalue weighted by atomic mass is 19.1. The number of amides is 1. The molecule has 0 aliphatic carbocycles. The van der Waals surface area contributed by atoms with E-state index in [1.54, 1.807) is 6.20 Å². The summed E-state index contributed by atoms with van der Waals surface area (Å²) in [5, 5.41) is 6.85. The maximum Gasteiger partial charge on any atom is 0.263 e. The Morgan fingerprint density at radius 2 is 1.42 bits per heavy atom. The molecule has 0 saturated carbocycles. The number of aromatic nitrogens is 3. The van der Waals surface area contributed by atoms with Gasteiger partial charge in [-0.25, -0.2) is 22.7 Å². The van der Waals surface area contributed by atoms with Gasteiger partial charge >= 0.3 is 0 Å². The van der Waals surface area contributed by atoms with E-state index in [0.717, 1.165) is 56.0 Å². The lowest BCUT2D eigenvalue weighted by Gasteiger charge is -2.16. The molecule has 1 saturated heterocycles. The fraction of sp³-hybridized carbons (Fsp3) is 0.174. The van der Waals surface area contributed by atoms with Gasteiger partial charge in [-0.2, -0.15) is 0 Å². The van der Waals surface area contributed by atoms with Crippen molar-refractivity contribution in [1.29, 1.82) is 0 Å². The number of nitrogens with one attached hydrogen (secondary N) is 1. The highest BCUT2D eigenvalue weighted by molar-refractivity contribution is 6.11. The fourth-order valence-corrected chi connectivity index (χ4v) is 3.43. The molecule has 3 heterocycles. The minimum Gasteiger partial charge on any atom is -0.381 e. The molecule has 1 aliphatic heterocycles. The van der Waals surface area contributed by atoms with E-state index in [9.17, 15) is 18.0 Å². The molecule has 170 valence electrons. The van der Waals surface area contributed by atoms with Gasteiger partial charge in [0.25, 0.3) is 5.91 Å². The number of carbonyl (C=O) groups excluding carboxylic acids is 1. The Morgan fingerprint density at radius 3 is 2.00 bits per heavy atom. The van der Waals surface area contributed by atoms with Gasteiger partial charge in [0, 0.05) is 25.0 Å². The van der Waals surface area contributed by atoms with Crippen molar-refractivity contribution in [3.05, 3.63) is 83.8 Å². The Labute approximate surface area is 187 Å². The van der Waals surface area contributed by atoms with Crippen LogP contribution in [0.15, 0.2) is 60.8 Å². The number of fused-ring (bicyclic) bond motifs is 1. The Hall–Kier alpha value is -4.08. The first-order chi connectivity index (χ1) is 15.9. The number of nitrogen functional groups attached to an aromatic ring is 1. The van der Waals surface area contributed by atoms with Gasteiger partial charge in [0.15, 0.2) is 11.5 Å². The molecule has 0 radical (unpaired) electrons. The van der Waals surface area contributed by atoms with Crippen molar-refractivity contribution in [2.75, 3.05) is 29.0 Å². The molecule has 0 atom stereocenters. The van der Waals surface area contributed by atoms with Gasteiger partial charge in [-0.1, -0.05) is 0 Å². The summed E-state index contributed by atoms with van der Waals surface area (Å²) in [6, 6.07) is 11.7. The van der Waals surface area contributed by atoms with Gasteiger partial charge < -0.3 is 16.0 Å². The molecule has 4 aromatic rings. The first kappa shape index (κ1) is 22.1. The molecule has 7 nitrogen and oxygen atoms in total. The van der Waals surface area contributed by atoms with E-state index in [4.69, 9.17) is 5.73 Å². The molecule has 0 bridgehead atoms. The van der Waals surface area contributed by atoms with Gasteiger partial charge in [0.1, 0.15) is 28.8 Å². The standard InChI is InChI=1S/C17H17FN6O.C6H4F2/c18-11-3-5-12(6-4-11)20-17(25)14-15(19)22-24-10-7-13(21-16(14)24)23-8-1-2-9-23;7-5-1-2-6(8)4-3-5/h3-7,10H,1-2,8-9H2,(H2,19,22)(H,20,25);1-4H. The molecule has 10 heteroatoms. The average Bonchev–Trinajstić information content (AvgIpc) is 3.44. The molecule has 5 rings (SSSR count). The highest BCUT2D eigenvalue weighted by Gasteiger charge is 2.21. The molecular formula is C23H21F3N6O. The zero-order valence-corrected chi connectivity index (χ0v) is 17.5. The summed E-state index contributed by atoms with van der Waals surface area (Å²) in [7, 11) is 0. The van der Waals surface area contributed by atoms with Crippen LogP contribution in [0.4, 0.5) is 30.5 Å². The van der Waals surface area contributed by atoms with Crippen LogP contribution in [0.1, 0.15) is 23.2 Å². The number of halogens is 3. The maximum absolute atomic E-state index is 13.0. The summed E-state index contributed by atoms with van der Waals surface area (Å²) in [6.45, 7) is 1.90. The Kier molecular flexibility index (Phi) is 6.43. The first-order valence-corrected chi connectivity index (χ1v) is 10.3. The molecule has 0 unspecified atom stereocenters. The van der Waals surface area contributed by atoms with Gasteiger partial charge in [0.2, 0.25) is 0 Å². The van der Waals surface area contributed by atoms with Crippen molar-refractivity contribution in [3.63, 3.8) is 0 Å². The number of hydrogen-bond acceptors (Lipinski definition) is 5. The molecule has 1 fully saturated rings. The molecule has 0 spiro atoms. The second-order valence-electron chi connectivity index (χ2n) is 7.41. The van der Waals surface area contributed by atoms with E-state index in [1.165, 1.54) is 28.8 Å². The lowest BCUT2D eigenvalue weighted by molar-refractivity contribution is 0.102. The minimum atomic E-state index is -0.426. The van der Waals surface area contributed by atoms with Gasteiger partial charge in [-0.15, -0.1) is 5.10 Å². The van der Waals surface area contributed by atoms with Crippen LogP contribution in [-0.4, -0.2) is 33.6 Å². The van der Waals surface area contributed by atoms with E-state index in [1.807, 2.05) is 6.07 Å². The van der Waals surface area contributed by atoms with Crippen molar-refractivity contribution in [1.82, 2.24) is 14.6 Å². The van der Waals surface area contributed by atoms with Crippen LogP contribution in [0.3, 0.4) is 0 Å². The summed E-state index contributed by atoms with van der Waals surface area (Å²) in [4.78, 5) is 19.4. The number of rotatable bonds is 3. The molecule has 1 amide bonds. The molecule has 33 heavy (non-hydrogen) atoms. The molecular weight excluding hydrogens is 433 g/mol. The van der Waals surface area contributed by atoms with E-state index in [0.29, 0.717) is 11.3 Å². The number of carbonyl (C=O) groups is 1. The quantitative estimate of drug-likeness (QED) is 0.483. The van der Waals surface area contributed by atoms with Crippen LogP contribution in [0.5, 0.6) is 0 Å². The normalized spacial score (nSPS) is 13.0. The summed E-state index contributed by atoms with van der Waals surface area (Å²) >= 11 is 0. The average molecular weight is 454 g/mol. The third-order valence-corrected chi connectivity index (χ3v) is 5.06. The van der Waals surface area contributed by atoms with Crippen LogP contribution in [-0.2, 0) is 0 Å². The summed E-state index contributed by atoms with van der Waals surface area (Å²) in [5.41, 5.74) is 7.02. The Morgan fingerprint density at radius 1 is 0.879 bits per heavy atom. The van der Waals surface area contributed by atoms with Crippen LogP contribution < -0.4 is 16.0 Å². The van der Waals surface area contributed by atoms with E-state index >= 15 is 0 Å². The molecule has 2 aromatic carbocycles. The second-order valence-corrected chi connectivity index (χ2v) is 7.41. The van der Waals surface area contributed by atoms with E-state index in [2.05, 4.69) is 20.3 Å². The monoisotopic (exact) mass is 454 g/mol. The SMILES string of the molecule is Fc1ccc(F)cc1.Nc1nn2ccc(N3CCCC3)nc2c1C(=O)Nc1ccc(F)cc1. The maximum atomic E-state index is 13.0. The van der Waals surface area contributed by atoms with Crippen LogP contribution in [0.25, 0.3) is 5.65 Å². The first-order valence-electron chi connectivity index (χ1n) is 10.3. The third-order valence-electron chi connectivity index (χ3n) is 5.06. The summed E-state index contributed by atoms with van der Waals surface area (Å²) < 4.78 is 38.3. The summed E-state index contributed by atoms with van der Waals surface area (Å²) in [6.07, 6.45) is 4.01. The van der Waals surface area contributed by atoms with Crippen LogP contribution >= 0.6 is 0 Å². The topological polar surface area (TPSA) is 88.5 Å². The predicted molar refractivity (Wildman–Crippen MR) is 120 cm³/mol. The van der Waals surface area contributed by atoms with Crippen LogP contribution in [0.2, 0.25) is 0 Å². The van der Waals surface area contributed by atoms with Gasteiger partial charge in [0.05, 0.1) is 0 Å². The second kappa shape index (κ2) is 9.60. The summed E-state index contributed by atoms with van der Waals surface area (Å²) in [5.74, 6) is -0.709. The number of anilines is 3. The fourth-order valence-electron chi connectivity index (χ4n) is 3.43. The van der Waals surface area contributed by atoms with Crippen molar-refractivity contribution >= 4 is 28.9 Å². The predicted octanol–water partition coefficient (Wildman–Crippen LogP) is 4.27.